The number of quaternary nitrogens is 1. The molecule has 0 saturated heterocycles. The molecule has 8 heteroatoms. The van der Waals surface area contributed by atoms with Crippen LogP contribution in [-0.2, 0) is 0 Å². The van der Waals surface area contributed by atoms with Gasteiger partial charge in [-0.25, -0.2) is 0 Å². The molecule has 0 aliphatic heterocycles. The first-order valence-corrected chi connectivity index (χ1v) is 12.4. The fourth-order valence-electron chi connectivity index (χ4n) is 2.94. The molecule has 0 atom stereocenters. The van der Waals surface area contributed by atoms with E-state index >= 15 is 0 Å². The molecule has 0 bridgehead atoms. The van der Waals surface area contributed by atoms with E-state index in [2.05, 4.69) is 27.7 Å². The molecule has 0 aliphatic carbocycles. The Bertz CT molecular complexity index is 258. The summed E-state index contributed by atoms with van der Waals surface area (Å²) in [7, 11) is 0. The van der Waals surface area contributed by atoms with Crippen LogP contribution < -0.4 is 4.70 Å². The molecule has 30 heavy (non-hydrogen) atoms. The highest BCUT2D eigenvalue weighted by Gasteiger charge is 2.26. The Morgan fingerprint density at radius 2 is 0.767 bits per heavy atom. The maximum absolute atomic E-state index is 8.50. The molecule has 0 aromatic rings. The third kappa shape index (κ3) is 20.2. The topological polar surface area (TPSA) is 80.9 Å². The van der Waals surface area contributed by atoms with Gasteiger partial charge in [-0.1, -0.05) is 53.4 Å². The first-order chi connectivity index (χ1) is 13.9. The number of hydrogen-bond donors (Lipinski definition) is 4. The molecule has 188 valence electrons. The van der Waals surface area contributed by atoms with Crippen LogP contribution in [0, 0.1) is 5.41 Å². The van der Waals surface area contributed by atoms with E-state index in [0.29, 0.717) is 0 Å². The first-order valence-electron chi connectivity index (χ1n) is 11.3. The van der Waals surface area contributed by atoms with Crippen molar-refractivity contribution in [3.05, 3.63) is 0 Å². The van der Waals surface area contributed by atoms with Crippen molar-refractivity contribution in [3.8, 4) is 0 Å². The van der Waals surface area contributed by atoms with E-state index in [1.165, 1.54) is 82.0 Å². The number of halogens is 3. The van der Waals surface area contributed by atoms with Crippen molar-refractivity contribution in [1.82, 2.24) is 0 Å². The molecule has 0 radical (unpaired) electrons. The van der Waals surface area contributed by atoms with Crippen LogP contribution in [0.4, 0.5) is 0 Å². The Balaban J connectivity index is -0.000000219. The first kappa shape index (κ1) is 37.6. The van der Waals surface area contributed by atoms with Gasteiger partial charge in [0, 0.05) is 0 Å². The molecule has 5 nitrogen and oxygen atoms in total. The number of hydrogen-bond acceptors (Lipinski definition) is 4. The van der Waals surface area contributed by atoms with Crippen molar-refractivity contribution >= 4 is 23.2 Å². The molecular formula is C22H50Cl2FNO4. The van der Waals surface area contributed by atoms with Crippen molar-refractivity contribution < 1.29 is 29.6 Å². The third-order valence-electron chi connectivity index (χ3n) is 5.29. The van der Waals surface area contributed by atoms with Crippen LogP contribution in [0.5, 0.6) is 0 Å². The fraction of sp³-hybridized carbons (Fsp3) is 1.00. The van der Waals surface area contributed by atoms with Gasteiger partial charge >= 0.3 is 0 Å². The van der Waals surface area contributed by atoms with Gasteiger partial charge < -0.3 is 29.6 Å². The zero-order valence-electron chi connectivity index (χ0n) is 19.9. The average Bonchev–Trinajstić information content (AvgIpc) is 2.76. The quantitative estimate of drug-likeness (QED) is 0.198. The van der Waals surface area contributed by atoms with Gasteiger partial charge in [0.25, 0.3) is 0 Å². The summed E-state index contributed by atoms with van der Waals surface area (Å²) in [6.07, 6.45) is 11.1. The number of aliphatic hydroxyl groups excluding tert-OH is 4. The summed E-state index contributed by atoms with van der Waals surface area (Å²) in [5.74, 6) is 0. The normalized spacial score (nSPS) is 11.0. The maximum atomic E-state index is 8.50. The molecule has 0 unspecified atom stereocenters. The Morgan fingerprint density at radius 3 is 0.867 bits per heavy atom. The summed E-state index contributed by atoms with van der Waals surface area (Å²) in [4.78, 5) is 0. The molecular weight excluding hydrogens is 432 g/mol. The zero-order valence-corrected chi connectivity index (χ0v) is 21.4. The lowest BCUT2D eigenvalue weighted by atomic mass is 9.93. The number of nitrogens with zero attached hydrogens (tertiary/aromatic N) is 1. The molecule has 0 fully saturated rings. The largest absolute Gasteiger partial charge is 1.00 e. The summed E-state index contributed by atoms with van der Waals surface area (Å²) in [5, 5.41) is 34.2. The van der Waals surface area contributed by atoms with Crippen LogP contribution in [0.25, 0.3) is 0 Å². The van der Waals surface area contributed by atoms with Crippen LogP contribution >= 0.6 is 23.2 Å². The molecule has 0 aromatic heterocycles. The van der Waals surface area contributed by atoms with Gasteiger partial charge in [-0.05, 0) is 25.7 Å². The minimum atomic E-state index is -1.11. The van der Waals surface area contributed by atoms with E-state index in [1.807, 2.05) is 0 Å². The number of alkyl halides is 2. The molecule has 0 aromatic carbocycles. The second-order valence-electron chi connectivity index (χ2n) is 7.88. The van der Waals surface area contributed by atoms with Crippen molar-refractivity contribution in [2.75, 3.05) is 57.9 Å². The summed E-state index contributed by atoms with van der Waals surface area (Å²) in [6, 6.07) is 0. The summed E-state index contributed by atoms with van der Waals surface area (Å²) in [5.41, 5.74) is -1.11. The van der Waals surface area contributed by atoms with Gasteiger partial charge in [-0.15, -0.1) is 23.2 Å². The van der Waals surface area contributed by atoms with E-state index in [1.54, 1.807) is 0 Å². The Labute approximate surface area is 195 Å². The molecule has 0 aliphatic rings. The van der Waals surface area contributed by atoms with Gasteiger partial charge in [0.1, 0.15) is 0 Å². The van der Waals surface area contributed by atoms with Gasteiger partial charge in [-0.2, -0.15) is 0 Å². The summed E-state index contributed by atoms with van der Waals surface area (Å²) >= 11 is 9.53. The predicted octanol–water partition coefficient (Wildman–Crippen LogP) is 1.37. The maximum Gasteiger partial charge on any atom is 0.0967 e. The van der Waals surface area contributed by atoms with Crippen molar-refractivity contribution in [1.29, 1.82) is 0 Å². The monoisotopic (exact) mass is 481 g/mol. The lowest BCUT2D eigenvalue weighted by molar-refractivity contribution is -0.929. The van der Waals surface area contributed by atoms with Crippen LogP contribution in [0.1, 0.15) is 79.1 Å². The Kier molecular flexibility index (Phi) is 34.3. The van der Waals surface area contributed by atoms with E-state index in [9.17, 15) is 0 Å². The van der Waals surface area contributed by atoms with Gasteiger partial charge in [0.15, 0.2) is 0 Å². The number of rotatable bonds is 16. The minimum Gasteiger partial charge on any atom is -1.00 e. The lowest BCUT2D eigenvalue weighted by Gasteiger charge is -2.39. The summed E-state index contributed by atoms with van der Waals surface area (Å²) in [6.45, 7) is 13.4. The number of aliphatic hydroxyl groups is 4. The average molecular weight is 483 g/mol. The van der Waals surface area contributed by atoms with Crippen LogP contribution in [0.3, 0.4) is 0 Å². The summed E-state index contributed by atoms with van der Waals surface area (Å²) < 4.78 is 1.42. The predicted molar refractivity (Wildman–Crippen MR) is 127 cm³/mol. The minimum absolute atomic E-state index is 0. The highest BCUT2D eigenvalue weighted by molar-refractivity contribution is 6.40. The SMILES string of the molecule is CCCC[N+](CCCC)(CCCC)CCCC.ClCCl.OCC(CO)(CO)CO.[F-]. The standard InChI is InChI=1S/C16H36N.C5H12O4.CH2Cl2.FH/c1-5-9-13-17(14-10-6-2,15-11-7-3)16-12-8-4;6-1-5(2-7,3-8)4-9;2-1-3;/h5-16H2,1-4H3;6-9H,1-4H2;1H2;1H/q+1;;;/p-1. The van der Waals surface area contributed by atoms with E-state index in [4.69, 9.17) is 43.6 Å². The Morgan fingerprint density at radius 1 is 0.567 bits per heavy atom. The highest BCUT2D eigenvalue weighted by Crippen LogP contribution is 2.16. The van der Waals surface area contributed by atoms with Crippen LogP contribution in [0.15, 0.2) is 0 Å². The second kappa shape index (κ2) is 27.3. The van der Waals surface area contributed by atoms with Gasteiger partial charge in [-0.3, -0.25) is 0 Å². The molecule has 0 rings (SSSR count). The lowest BCUT2D eigenvalue weighted by Crippen LogP contribution is -3.00. The highest BCUT2D eigenvalue weighted by atomic mass is 35.5. The smallest absolute Gasteiger partial charge is 0.0967 e. The zero-order chi connectivity index (χ0) is 23.0. The third-order valence-corrected chi connectivity index (χ3v) is 5.29. The number of unbranched alkanes of at least 4 members (excludes halogenated alkanes) is 4. The van der Waals surface area contributed by atoms with Gasteiger partial charge in [0.2, 0.25) is 0 Å². The van der Waals surface area contributed by atoms with E-state index < -0.39 is 31.8 Å². The van der Waals surface area contributed by atoms with Crippen molar-refractivity contribution in [2.45, 2.75) is 79.1 Å². The molecule has 0 saturated carbocycles. The molecule has 4 N–H and O–H groups in total. The molecule has 0 heterocycles. The van der Waals surface area contributed by atoms with Crippen LogP contribution in [-0.4, -0.2) is 82.9 Å². The van der Waals surface area contributed by atoms with E-state index in [0.717, 1.165) is 0 Å². The second-order valence-corrected chi connectivity index (χ2v) is 8.69. The van der Waals surface area contributed by atoms with Gasteiger partial charge in [0.05, 0.1) is 63.4 Å². The fourth-order valence-corrected chi connectivity index (χ4v) is 2.94. The molecule has 0 amide bonds. The Hall–Kier alpha value is 0.310. The van der Waals surface area contributed by atoms with Crippen LogP contribution in [0.2, 0.25) is 0 Å². The molecule has 0 spiro atoms. The van der Waals surface area contributed by atoms with Crippen molar-refractivity contribution in [2.24, 2.45) is 5.41 Å². The van der Waals surface area contributed by atoms with Crippen molar-refractivity contribution in [3.63, 3.8) is 0 Å². The van der Waals surface area contributed by atoms with E-state index in [-0.39, 0.29) is 10.0 Å².